The SMILES string of the molecule is Cc1cccc(OC(C)C(=O)NCc2cccc(CN3CCCCC3)c2)c1. The molecule has 1 N–H and O–H groups in total. The van der Waals surface area contributed by atoms with Crippen LogP contribution < -0.4 is 10.1 Å². The second-order valence-electron chi connectivity index (χ2n) is 7.45. The van der Waals surface area contributed by atoms with E-state index in [1.165, 1.54) is 37.9 Å². The number of ether oxygens (including phenoxy) is 1. The molecule has 2 aromatic carbocycles. The van der Waals surface area contributed by atoms with Gasteiger partial charge in [0.05, 0.1) is 0 Å². The molecule has 2 aromatic rings. The number of nitrogens with one attached hydrogen (secondary N) is 1. The van der Waals surface area contributed by atoms with Crippen molar-refractivity contribution in [1.82, 2.24) is 10.2 Å². The van der Waals surface area contributed by atoms with Crippen LogP contribution in [-0.2, 0) is 17.9 Å². The average Bonchev–Trinajstić information content (AvgIpc) is 2.67. The van der Waals surface area contributed by atoms with Gasteiger partial charge >= 0.3 is 0 Å². The van der Waals surface area contributed by atoms with Crippen LogP contribution in [0.5, 0.6) is 5.75 Å². The van der Waals surface area contributed by atoms with Crippen LogP contribution in [0.25, 0.3) is 0 Å². The van der Waals surface area contributed by atoms with Crippen molar-refractivity contribution in [1.29, 1.82) is 0 Å². The van der Waals surface area contributed by atoms with E-state index in [1.807, 2.05) is 31.2 Å². The van der Waals surface area contributed by atoms with Gasteiger partial charge in [-0.1, -0.05) is 42.8 Å². The maximum atomic E-state index is 12.4. The molecular weight excluding hydrogens is 336 g/mol. The van der Waals surface area contributed by atoms with Gasteiger partial charge in [0.1, 0.15) is 5.75 Å². The molecule has 1 fully saturated rings. The molecule has 1 amide bonds. The maximum Gasteiger partial charge on any atom is 0.261 e. The van der Waals surface area contributed by atoms with E-state index in [1.54, 1.807) is 6.92 Å². The van der Waals surface area contributed by atoms with E-state index in [0.717, 1.165) is 23.4 Å². The van der Waals surface area contributed by atoms with Gasteiger partial charge in [-0.3, -0.25) is 9.69 Å². The summed E-state index contributed by atoms with van der Waals surface area (Å²) >= 11 is 0. The fourth-order valence-corrected chi connectivity index (χ4v) is 3.49. The molecule has 1 saturated heterocycles. The first kappa shape index (κ1) is 19.4. The van der Waals surface area contributed by atoms with Crippen LogP contribution in [0.2, 0.25) is 0 Å². The highest BCUT2D eigenvalue weighted by molar-refractivity contribution is 5.80. The van der Waals surface area contributed by atoms with Crippen molar-refractivity contribution in [3.63, 3.8) is 0 Å². The van der Waals surface area contributed by atoms with Crippen LogP contribution in [0.3, 0.4) is 0 Å². The van der Waals surface area contributed by atoms with Gasteiger partial charge in [-0.2, -0.15) is 0 Å². The first-order valence-corrected chi connectivity index (χ1v) is 9.91. The number of rotatable bonds is 7. The van der Waals surface area contributed by atoms with Crippen molar-refractivity contribution in [2.24, 2.45) is 0 Å². The van der Waals surface area contributed by atoms with E-state index in [4.69, 9.17) is 4.74 Å². The van der Waals surface area contributed by atoms with Crippen molar-refractivity contribution < 1.29 is 9.53 Å². The van der Waals surface area contributed by atoms with E-state index >= 15 is 0 Å². The highest BCUT2D eigenvalue weighted by Crippen LogP contribution is 2.15. The van der Waals surface area contributed by atoms with Crippen LogP contribution in [0, 0.1) is 6.92 Å². The fraction of sp³-hybridized carbons (Fsp3) is 0.435. The first-order chi connectivity index (χ1) is 13.1. The highest BCUT2D eigenvalue weighted by Gasteiger charge is 2.15. The predicted molar refractivity (Wildman–Crippen MR) is 109 cm³/mol. The Labute approximate surface area is 162 Å². The zero-order valence-electron chi connectivity index (χ0n) is 16.4. The molecule has 27 heavy (non-hydrogen) atoms. The number of carbonyl (C=O) groups is 1. The summed E-state index contributed by atoms with van der Waals surface area (Å²) in [6, 6.07) is 16.3. The molecule has 0 saturated carbocycles. The number of likely N-dealkylation sites (tertiary alicyclic amines) is 1. The number of carbonyl (C=O) groups excluding carboxylic acids is 1. The number of hydrogen-bond donors (Lipinski definition) is 1. The Balaban J connectivity index is 1.49. The standard InChI is InChI=1S/C23H30N2O2/c1-18-8-6-11-22(14-18)27-19(2)23(26)24-16-20-9-7-10-21(15-20)17-25-12-4-3-5-13-25/h6-11,14-15,19H,3-5,12-13,16-17H2,1-2H3,(H,24,26). The Hall–Kier alpha value is -2.33. The van der Waals surface area contributed by atoms with E-state index in [2.05, 4.69) is 34.5 Å². The van der Waals surface area contributed by atoms with Gasteiger partial charge in [0, 0.05) is 13.1 Å². The first-order valence-electron chi connectivity index (χ1n) is 9.91. The highest BCUT2D eigenvalue weighted by atomic mass is 16.5. The van der Waals surface area contributed by atoms with Gasteiger partial charge in [0.25, 0.3) is 5.91 Å². The monoisotopic (exact) mass is 366 g/mol. The normalized spacial score (nSPS) is 15.9. The lowest BCUT2D eigenvalue weighted by Gasteiger charge is -2.26. The molecule has 1 heterocycles. The molecule has 1 unspecified atom stereocenters. The van der Waals surface area contributed by atoms with E-state index in [9.17, 15) is 4.79 Å². The molecule has 3 rings (SSSR count). The van der Waals surface area contributed by atoms with Crippen molar-refractivity contribution in [3.05, 3.63) is 65.2 Å². The number of piperidine rings is 1. The molecule has 0 spiro atoms. The minimum atomic E-state index is -0.525. The predicted octanol–water partition coefficient (Wildman–Crippen LogP) is 4.06. The van der Waals surface area contributed by atoms with Crippen molar-refractivity contribution in [2.75, 3.05) is 13.1 Å². The van der Waals surface area contributed by atoms with Gasteiger partial charge < -0.3 is 10.1 Å². The summed E-state index contributed by atoms with van der Waals surface area (Å²) in [5.74, 6) is 0.624. The summed E-state index contributed by atoms with van der Waals surface area (Å²) < 4.78 is 5.75. The number of aryl methyl sites for hydroxylation is 1. The Morgan fingerprint density at radius 1 is 1.07 bits per heavy atom. The zero-order valence-corrected chi connectivity index (χ0v) is 16.4. The second-order valence-corrected chi connectivity index (χ2v) is 7.45. The quantitative estimate of drug-likeness (QED) is 0.803. The van der Waals surface area contributed by atoms with E-state index < -0.39 is 6.10 Å². The minimum Gasteiger partial charge on any atom is -0.481 e. The van der Waals surface area contributed by atoms with Crippen molar-refractivity contribution >= 4 is 5.91 Å². The smallest absolute Gasteiger partial charge is 0.261 e. The maximum absolute atomic E-state index is 12.4. The minimum absolute atomic E-state index is 0.0991. The zero-order chi connectivity index (χ0) is 19.1. The van der Waals surface area contributed by atoms with Gasteiger partial charge in [0.15, 0.2) is 6.10 Å². The molecule has 0 bridgehead atoms. The lowest BCUT2D eigenvalue weighted by Crippen LogP contribution is -2.36. The summed E-state index contributed by atoms with van der Waals surface area (Å²) in [5.41, 5.74) is 3.55. The van der Waals surface area contributed by atoms with Crippen LogP contribution in [0.15, 0.2) is 48.5 Å². The van der Waals surface area contributed by atoms with Gasteiger partial charge in [-0.05, 0) is 68.6 Å². The fourth-order valence-electron chi connectivity index (χ4n) is 3.49. The molecule has 0 aromatic heterocycles. The molecule has 0 aliphatic carbocycles. The van der Waals surface area contributed by atoms with Crippen molar-refractivity contribution in [3.8, 4) is 5.75 Å². The summed E-state index contributed by atoms with van der Waals surface area (Å²) in [4.78, 5) is 14.9. The molecule has 4 heteroatoms. The number of hydrogen-bond acceptors (Lipinski definition) is 3. The Kier molecular flexibility index (Phi) is 6.88. The number of benzene rings is 2. The third kappa shape index (κ3) is 6.10. The summed E-state index contributed by atoms with van der Waals surface area (Å²) in [6.45, 7) is 7.69. The lowest BCUT2D eigenvalue weighted by molar-refractivity contribution is -0.127. The summed E-state index contributed by atoms with van der Waals surface area (Å²) in [5, 5.41) is 2.99. The van der Waals surface area contributed by atoms with E-state index in [-0.39, 0.29) is 5.91 Å². The number of nitrogens with zero attached hydrogens (tertiary/aromatic N) is 1. The van der Waals surface area contributed by atoms with Gasteiger partial charge in [-0.15, -0.1) is 0 Å². The molecule has 1 aliphatic heterocycles. The van der Waals surface area contributed by atoms with Gasteiger partial charge in [-0.25, -0.2) is 0 Å². The van der Waals surface area contributed by atoms with E-state index in [0.29, 0.717) is 6.54 Å². The largest absolute Gasteiger partial charge is 0.481 e. The van der Waals surface area contributed by atoms with Crippen LogP contribution in [-0.4, -0.2) is 30.0 Å². The van der Waals surface area contributed by atoms with Gasteiger partial charge in [0.2, 0.25) is 0 Å². The third-order valence-electron chi connectivity index (χ3n) is 4.98. The molecule has 1 aliphatic rings. The number of amides is 1. The molecular formula is C23H30N2O2. The Bertz CT molecular complexity index is 754. The Morgan fingerprint density at radius 3 is 2.59 bits per heavy atom. The average molecular weight is 367 g/mol. The van der Waals surface area contributed by atoms with Crippen LogP contribution >= 0.6 is 0 Å². The Morgan fingerprint density at radius 2 is 1.81 bits per heavy atom. The third-order valence-corrected chi connectivity index (χ3v) is 4.98. The van der Waals surface area contributed by atoms with Crippen LogP contribution in [0.4, 0.5) is 0 Å². The topological polar surface area (TPSA) is 41.6 Å². The van der Waals surface area contributed by atoms with Crippen molar-refractivity contribution in [2.45, 2.75) is 52.3 Å². The molecule has 1 atom stereocenters. The molecule has 0 radical (unpaired) electrons. The van der Waals surface area contributed by atoms with Crippen LogP contribution in [0.1, 0.15) is 42.9 Å². The molecule has 4 nitrogen and oxygen atoms in total. The second kappa shape index (κ2) is 9.56. The molecule has 144 valence electrons. The lowest BCUT2D eigenvalue weighted by atomic mass is 10.1. The summed E-state index contributed by atoms with van der Waals surface area (Å²) in [7, 11) is 0. The summed E-state index contributed by atoms with van der Waals surface area (Å²) in [6.07, 6.45) is 3.43.